The zero-order valence-electron chi connectivity index (χ0n) is 17.2. The van der Waals surface area contributed by atoms with E-state index in [0.717, 1.165) is 45.1 Å². The molecule has 0 radical (unpaired) electrons. The third kappa shape index (κ3) is 2.31. The number of hydrogen-bond donors (Lipinski definition) is 0. The molecule has 2 spiro atoms. The lowest BCUT2D eigenvalue weighted by atomic mass is 9.46. The van der Waals surface area contributed by atoms with Crippen LogP contribution in [0.4, 0.5) is 0 Å². The summed E-state index contributed by atoms with van der Waals surface area (Å²) in [6.07, 6.45) is 13.5. The van der Waals surface area contributed by atoms with Crippen molar-refractivity contribution in [2.75, 3.05) is 19.8 Å². The van der Waals surface area contributed by atoms with Crippen molar-refractivity contribution in [1.29, 1.82) is 0 Å². The van der Waals surface area contributed by atoms with E-state index in [1.807, 2.05) is 0 Å². The highest BCUT2D eigenvalue weighted by atomic mass is 16.7. The van der Waals surface area contributed by atoms with E-state index in [-0.39, 0.29) is 16.7 Å². The van der Waals surface area contributed by atoms with Gasteiger partial charge in [0, 0.05) is 37.2 Å². The predicted octanol–water partition coefficient (Wildman–Crippen LogP) is 4.42. The van der Waals surface area contributed by atoms with Crippen LogP contribution in [0.5, 0.6) is 0 Å². The Bertz CT molecular complexity index is 707. The number of carbonyl (C=O) groups excluding carboxylic acids is 1. The molecule has 0 unspecified atom stereocenters. The number of ketones is 1. The summed E-state index contributed by atoms with van der Waals surface area (Å²) in [5, 5.41) is 0. The van der Waals surface area contributed by atoms with Crippen LogP contribution in [-0.4, -0.2) is 37.5 Å². The third-order valence-corrected chi connectivity index (χ3v) is 9.63. The summed E-state index contributed by atoms with van der Waals surface area (Å²) >= 11 is 0. The first-order valence-corrected chi connectivity index (χ1v) is 11.7. The lowest BCUT2D eigenvalue weighted by Crippen LogP contribution is -2.57. The number of hydrogen-bond acceptors (Lipinski definition) is 4. The summed E-state index contributed by atoms with van der Waals surface area (Å²) in [4.78, 5) is 13.8. The molecule has 0 amide bonds. The summed E-state index contributed by atoms with van der Waals surface area (Å²) in [5.74, 6) is 1.52. The van der Waals surface area contributed by atoms with Crippen LogP contribution >= 0.6 is 0 Å². The van der Waals surface area contributed by atoms with Gasteiger partial charge in [-0.2, -0.15) is 0 Å². The highest BCUT2D eigenvalue weighted by molar-refractivity contribution is 5.85. The van der Waals surface area contributed by atoms with Gasteiger partial charge in [-0.25, -0.2) is 0 Å². The number of allylic oxidation sites excluding steroid dienone is 1. The first-order chi connectivity index (χ1) is 13.6. The SMILES string of the molecule is C[C@]12CCC3(CC1=CC[C@H]1[C@@H]4CC[C@@H]5OCCCC[C@@]54CC(=O)[C@@H]12)OCCO3. The lowest BCUT2D eigenvalue weighted by molar-refractivity contribution is -0.187. The van der Waals surface area contributed by atoms with Gasteiger partial charge in [0.2, 0.25) is 0 Å². The van der Waals surface area contributed by atoms with Gasteiger partial charge in [-0.3, -0.25) is 4.79 Å². The molecule has 0 bridgehead atoms. The van der Waals surface area contributed by atoms with Crippen molar-refractivity contribution in [3.63, 3.8) is 0 Å². The molecule has 2 heterocycles. The first-order valence-electron chi connectivity index (χ1n) is 11.7. The van der Waals surface area contributed by atoms with Gasteiger partial charge in [0.15, 0.2) is 5.79 Å². The molecule has 2 aliphatic heterocycles. The Labute approximate surface area is 168 Å². The van der Waals surface area contributed by atoms with Crippen LogP contribution in [0, 0.1) is 28.6 Å². The number of fused-ring (bicyclic) bond motifs is 4. The van der Waals surface area contributed by atoms with Crippen LogP contribution in [0.3, 0.4) is 0 Å². The van der Waals surface area contributed by atoms with Crippen molar-refractivity contribution < 1.29 is 19.0 Å². The van der Waals surface area contributed by atoms with E-state index in [9.17, 15) is 4.79 Å². The molecule has 28 heavy (non-hydrogen) atoms. The summed E-state index contributed by atoms with van der Waals surface area (Å²) in [6, 6.07) is 0. The predicted molar refractivity (Wildman–Crippen MR) is 105 cm³/mol. The van der Waals surface area contributed by atoms with E-state index in [1.165, 1.54) is 31.3 Å². The minimum Gasteiger partial charge on any atom is -0.378 e. The Morgan fingerprint density at radius 3 is 2.71 bits per heavy atom. The molecule has 0 aromatic rings. The second-order valence-corrected chi connectivity index (χ2v) is 10.7. The standard InChI is InChI=1S/C24H34O4/c1-22-9-10-24(27-12-13-28-24)14-16(22)4-5-17-18-6-7-20-23(18,8-2-3-11-26-20)15-19(25)21(17)22/h4,17-18,20-21H,2-3,5-15H2,1H3/t17-,18-,20-,21+,22-,23-/m0/s1. The van der Waals surface area contributed by atoms with E-state index in [1.54, 1.807) is 0 Å². The Kier molecular flexibility index (Phi) is 3.97. The van der Waals surface area contributed by atoms with Gasteiger partial charge in [0.1, 0.15) is 5.78 Å². The van der Waals surface area contributed by atoms with Gasteiger partial charge >= 0.3 is 0 Å². The van der Waals surface area contributed by atoms with Gasteiger partial charge in [-0.15, -0.1) is 0 Å². The molecule has 4 aliphatic carbocycles. The monoisotopic (exact) mass is 386 g/mol. The topological polar surface area (TPSA) is 44.8 Å². The fourth-order valence-corrected chi connectivity index (χ4v) is 8.40. The van der Waals surface area contributed by atoms with E-state index in [2.05, 4.69) is 13.0 Å². The Hall–Kier alpha value is -0.710. The molecule has 0 aromatic heterocycles. The number of carbonyl (C=O) groups is 1. The molecular weight excluding hydrogens is 352 g/mol. The minimum absolute atomic E-state index is 0.00580. The van der Waals surface area contributed by atoms with Crippen molar-refractivity contribution in [2.24, 2.45) is 28.6 Å². The second-order valence-electron chi connectivity index (χ2n) is 10.7. The largest absolute Gasteiger partial charge is 0.378 e. The maximum Gasteiger partial charge on any atom is 0.172 e. The van der Waals surface area contributed by atoms with Crippen LogP contribution < -0.4 is 0 Å². The maximum atomic E-state index is 13.8. The number of rotatable bonds is 0. The zero-order chi connectivity index (χ0) is 19.0. The molecule has 5 fully saturated rings. The van der Waals surface area contributed by atoms with Crippen LogP contribution in [0.1, 0.15) is 71.1 Å². The summed E-state index contributed by atoms with van der Waals surface area (Å²) in [6.45, 7) is 4.69. The molecule has 3 saturated carbocycles. The fraction of sp³-hybridized carbons (Fsp3) is 0.875. The highest BCUT2D eigenvalue weighted by Gasteiger charge is 2.64. The average molecular weight is 387 g/mol. The summed E-state index contributed by atoms with van der Waals surface area (Å²) < 4.78 is 18.4. The second kappa shape index (κ2) is 6.15. The summed E-state index contributed by atoms with van der Waals surface area (Å²) in [7, 11) is 0. The van der Waals surface area contributed by atoms with E-state index >= 15 is 0 Å². The van der Waals surface area contributed by atoms with Gasteiger partial charge in [0.05, 0.1) is 19.3 Å². The van der Waals surface area contributed by atoms with Crippen LogP contribution in [-0.2, 0) is 19.0 Å². The van der Waals surface area contributed by atoms with Crippen molar-refractivity contribution in [3.05, 3.63) is 11.6 Å². The van der Waals surface area contributed by atoms with E-state index in [4.69, 9.17) is 14.2 Å². The molecule has 4 heteroatoms. The van der Waals surface area contributed by atoms with E-state index in [0.29, 0.717) is 36.9 Å². The molecule has 6 atom stereocenters. The first kappa shape index (κ1) is 18.1. The quantitative estimate of drug-likeness (QED) is 0.578. The number of Topliss-reactive ketones (excluding diaryl/α,β-unsaturated/α-hetero) is 1. The van der Waals surface area contributed by atoms with Gasteiger partial charge < -0.3 is 14.2 Å². The molecule has 2 saturated heterocycles. The van der Waals surface area contributed by atoms with E-state index < -0.39 is 5.79 Å². The molecule has 154 valence electrons. The zero-order valence-corrected chi connectivity index (χ0v) is 17.2. The average Bonchev–Trinajstić information content (AvgIpc) is 3.22. The molecule has 4 nitrogen and oxygen atoms in total. The van der Waals surface area contributed by atoms with Crippen molar-refractivity contribution >= 4 is 5.78 Å². The van der Waals surface area contributed by atoms with Gasteiger partial charge in [0.25, 0.3) is 0 Å². The minimum atomic E-state index is -0.398. The third-order valence-electron chi connectivity index (χ3n) is 9.63. The van der Waals surface area contributed by atoms with Crippen molar-refractivity contribution in [1.82, 2.24) is 0 Å². The molecular formula is C24H34O4. The Balaban J connectivity index is 1.36. The number of ether oxygens (including phenoxy) is 3. The van der Waals surface area contributed by atoms with Gasteiger partial charge in [-0.1, -0.05) is 25.0 Å². The normalized spacial score (nSPS) is 49.6. The van der Waals surface area contributed by atoms with Crippen LogP contribution in [0.15, 0.2) is 11.6 Å². The van der Waals surface area contributed by atoms with Crippen molar-refractivity contribution in [3.8, 4) is 0 Å². The highest BCUT2D eigenvalue weighted by Crippen LogP contribution is 2.66. The smallest absolute Gasteiger partial charge is 0.172 e. The molecule has 0 aromatic carbocycles. The molecule has 6 aliphatic rings. The lowest BCUT2D eigenvalue weighted by Gasteiger charge is -2.58. The maximum absolute atomic E-state index is 13.8. The fourth-order valence-electron chi connectivity index (χ4n) is 8.40. The van der Waals surface area contributed by atoms with Gasteiger partial charge in [-0.05, 0) is 55.8 Å². The Morgan fingerprint density at radius 2 is 1.86 bits per heavy atom. The van der Waals surface area contributed by atoms with Crippen molar-refractivity contribution in [2.45, 2.75) is 83.0 Å². The molecule has 0 N–H and O–H groups in total. The Morgan fingerprint density at radius 1 is 1.00 bits per heavy atom. The van der Waals surface area contributed by atoms with Crippen LogP contribution in [0.25, 0.3) is 0 Å². The molecule has 6 rings (SSSR count). The van der Waals surface area contributed by atoms with Crippen LogP contribution in [0.2, 0.25) is 0 Å². The summed E-state index contributed by atoms with van der Waals surface area (Å²) in [5.41, 5.74) is 1.59.